The minimum Gasteiger partial charge on any atom is -0.211 e. The molecule has 5 heteroatoms. The molecule has 0 spiro atoms. The summed E-state index contributed by atoms with van der Waals surface area (Å²) >= 11 is 0. The Bertz CT molecular complexity index is 460. The maximum atomic E-state index is 13.0. The molecular weight excluding hydrogens is 229 g/mol. The Morgan fingerprint density at radius 2 is 1.75 bits per heavy atom. The number of sulfonamides is 1. The first-order valence-electron chi connectivity index (χ1n) is 5.15. The molecule has 0 amide bonds. The Labute approximate surface area is 95.7 Å². The summed E-state index contributed by atoms with van der Waals surface area (Å²) in [5.74, 6) is -0.413. The number of hydrogen-bond donors (Lipinski definition) is 1. The molecule has 16 heavy (non-hydrogen) atoms. The Hall–Kier alpha value is -0.940. The zero-order valence-electron chi connectivity index (χ0n) is 9.67. The average Bonchev–Trinajstić information content (AvgIpc) is 2.12. The van der Waals surface area contributed by atoms with E-state index in [-0.39, 0.29) is 4.90 Å². The van der Waals surface area contributed by atoms with Crippen LogP contribution in [0.4, 0.5) is 4.39 Å². The highest BCUT2D eigenvalue weighted by Gasteiger charge is 2.19. The van der Waals surface area contributed by atoms with E-state index in [0.29, 0.717) is 17.7 Å². The molecule has 0 unspecified atom stereocenters. The predicted octanol–water partition coefficient (Wildman–Crippen LogP) is 2.13. The highest BCUT2D eigenvalue weighted by molar-refractivity contribution is 7.89. The summed E-state index contributed by atoms with van der Waals surface area (Å²) in [6.45, 7) is 5.46. The first kappa shape index (κ1) is 13.1. The van der Waals surface area contributed by atoms with E-state index < -0.39 is 15.8 Å². The maximum absolute atomic E-state index is 13.0. The lowest BCUT2D eigenvalue weighted by atomic mass is 10.1. The van der Waals surface area contributed by atoms with Crippen molar-refractivity contribution in [2.24, 2.45) is 0 Å². The van der Waals surface area contributed by atoms with Gasteiger partial charge in [-0.15, -0.1) is 0 Å². The monoisotopic (exact) mass is 245 g/mol. The zero-order chi connectivity index (χ0) is 12.3. The fraction of sp³-hybridized carbons (Fsp3) is 0.455. The molecule has 0 saturated carbocycles. The lowest BCUT2D eigenvalue weighted by Gasteiger charge is -2.11. The van der Waals surface area contributed by atoms with Crippen LogP contribution in [0.3, 0.4) is 0 Å². The third-order valence-electron chi connectivity index (χ3n) is 2.24. The third kappa shape index (κ3) is 2.80. The minimum absolute atomic E-state index is 0.183. The van der Waals surface area contributed by atoms with Crippen LogP contribution in [0.1, 0.15) is 24.5 Å². The highest BCUT2D eigenvalue weighted by Crippen LogP contribution is 2.20. The van der Waals surface area contributed by atoms with E-state index >= 15 is 0 Å². The normalized spacial score (nSPS) is 11.8. The fourth-order valence-electron chi connectivity index (χ4n) is 1.63. The van der Waals surface area contributed by atoms with Gasteiger partial charge in [-0.2, -0.15) is 0 Å². The summed E-state index contributed by atoms with van der Waals surface area (Å²) in [5, 5.41) is 0. The van der Waals surface area contributed by atoms with Crippen molar-refractivity contribution in [2.45, 2.75) is 32.1 Å². The second kappa shape index (κ2) is 4.93. The van der Waals surface area contributed by atoms with Crippen molar-refractivity contribution in [2.75, 3.05) is 6.54 Å². The molecule has 0 aromatic heterocycles. The molecule has 1 rings (SSSR count). The molecule has 0 bridgehead atoms. The Morgan fingerprint density at radius 3 is 2.19 bits per heavy atom. The van der Waals surface area contributed by atoms with Crippen LogP contribution in [0, 0.1) is 19.7 Å². The average molecular weight is 245 g/mol. The van der Waals surface area contributed by atoms with Crippen molar-refractivity contribution in [1.29, 1.82) is 0 Å². The van der Waals surface area contributed by atoms with Crippen LogP contribution in [-0.4, -0.2) is 15.0 Å². The van der Waals surface area contributed by atoms with E-state index in [9.17, 15) is 12.8 Å². The van der Waals surface area contributed by atoms with Crippen LogP contribution >= 0.6 is 0 Å². The van der Waals surface area contributed by atoms with Crippen molar-refractivity contribution in [3.63, 3.8) is 0 Å². The number of halogens is 1. The van der Waals surface area contributed by atoms with Crippen molar-refractivity contribution in [1.82, 2.24) is 4.72 Å². The minimum atomic E-state index is -3.52. The van der Waals surface area contributed by atoms with E-state index in [1.165, 1.54) is 12.1 Å². The third-order valence-corrected chi connectivity index (χ3v) is 4.00. The maximum Gasteiger partial charge on any atom is 0.241 e. The molecule has 0 heterocycles. The van der Waals surface area contributed by atoms with E-state index in [0.717, 1.165) is 6.42 Å². The summed E-state index contributed by atoms with van der Waals surface area (Å²) in [6, 6.07) is 2.46. The second-order valence-corrected chi connectivity index (χ2v) is 5.47. The number of nitrogens with one attached hydrogen (secondary N) is 1. The first-order valence-corrected chi connectivity index (χ1v) is 6.63. The quantitative estimate of drug-likeness (QED) is 0.883. The Morgan fingerprint density at radius 1 is 1.25 bits per heavy atom. The van der Waals surface area contributed by atoms with Gasteiger partial charge in [0.05, 0.1) is 4.90 Å². The number of aryl methyl sites for hydroxylation is 2. The molecule has 0 aliphatic rings. The molecule has 0 fully saturated rings. The van der Waals surface area contributed by atoms with Crippen LogP contribution in [0.2, 0.25) is 0 Å². The van der Waals surface area contributed by atoms with Gasteiger partial charge in [-0.25, -0.2) is 17.5 Å². The number of benzene rings is 1. The molecule has 1 aromatic rings. The molecule has 0 radical (unpaired) electrons. The summed E-state index contributed by atoms with van der Waals surface area (Å²) < 4.78 is 39.3. The van der Waals surface area contributed by atoms with Gasteiger partial charge in [0.1, 0.15) is 5.82 Å². The highest BCUT2D eigenvalue weighted by atomic mass is 32.2. The van der Waals surface area contributed by atoms with Gasteiger partial charge in [-0.05, 0) is 43.5 Å². The van der Waals surface area contributed by atoms with Gasteiger partial charge in [0, 0.05) is 6.54 Å². The van der Waals surface area contributed by atoms with E-state index in [1.807, 2.05) is 6.92 Å². The smallest absolute Gasteiger partial charge is 0.211 e. The molecule has 1 N–H and O–H groups in total. The standard InChI is InChI=1S/C11H16FNO2S/c1-4-5-13-16(14,15)11-8(2)6-10(12)7-9(11)3/h6-7,13H,4-5H2,1-3H3. The Kier molecular flexibility index (Phi) is 4.04. The lowest BCUT2D eigenvalue weighted by molar-refractivity contribution is 0.578. The number of rotatable bonds is 4. The molecular formula is C11H16FNO2S. The van der Waals surface area contributed by atoms with Gasteiger partial charge in [-0.3, -0.25) is 0 Å². The van der Waals surface area contributed by atoms with Gasteiger partial charge in [0.15, 0.2) is 0 Å². The molecule has 0 aliphatic carbocycles. The van der Waals surface area contributed by atoms with E-state index in [4.69, 9.17) is 0 Å². The van der Waals surface area contributed by atoms with Gasteiger partial charge >= 0.3 is 0 Å². The summed E-state index contributed by atoms with van der Waals surface area (Å²) in [7, 11) is -3.52. The van der Waals surface area contributed by atoms with Gasteiger partial charge in [-0.1, -0.05) is 6.92 Å². The molecule has 90 valence electrons. The van der Waals surface area contributed by atoms with Crippen LogP contribution in [0.25, 0.3) is 0 Å². The number of hydrogen-bond acceptors (Lipinski definition) is 2. The van der Waals surface area contributed by atoms with Gasteiger partial charge in [0.25, 0.3) is 0 Å². The van der Waals surface area contributed by atoms with Crippen LogP contribution in [-0.2, 0) is 10.0 Å². The SMILES string of the molecule is CCCNS(=O)(=O)c1c(C)cc(F)cc1C. The predicted molar refractivity (Wildman–Crippen MR) is 61.4 cm³/mol. The molecule has 0 atom stereocenters. The van der Waals surface area contributed by atoms with Crippen molar-refractivity contribution in [3.05, 3.63) is 29.1 Å². The zero-order valence-corrected chi connectivity index (χ0v) is 10.5. The van der Waals surface area contributed by atoms with Crippen LogP contribution in [0.15, 0.2) is 17.0 Å². The lowest BCUT2D eigenvalue weighted by Crippen LogP contribution is -2.26. The summed E-state index contributed by atoms with van der Waals surface area (Å²) in [5.41, 5.74) is 0.863. The van der Waals surface area contributed by atoms with Crippen molar-refractivity contribution < 1.29 is 12.8 Å². The Balaban J connectivity index is 3.23. The summed E-state index contributed by atoms with van der Waals surface area (Å²) in [6.07, 6.45) is 0.721. The topological polar surface area (TPSA) is 46.2 Å². The van der Waals surface area contributed by atoms with Gasteiger partial charge < -0.3 is 0 Å². The van der Waals surface area contributed by atoms with E-state index in [2.05, 4.69) is 4.72 Å². The van der Waals surface area contributed by atoms with Crippen LogP contribution < -0.4 is 4.72 Å². The van der Waals surface area contributed by atoms with Crippen molar-refractivity contribution in [3.8, 4) is 0 Å². The van der Waals surface area contributed by atoms with Crippen molar-refractivity contribution >= 4 is 10.0 Å². The fourth-order valence-corrected chi connectivity index (χ4v) is 3.21. The van der Waals surface area contributed by atoms with Crippen LogP contribution in [0.5, 0.6) is 0 Å². The molecule has 3 nitrogen and oxygen atoms in total. The summed E-state index contributed by atoms with van der Waals surface area (Å²) in [4.78, 5) is 0.183. The molecule has 1 aromatic carbocycles. The first-order chi connectivity index (χ1) is 7.38. The molecule has 0 saturated heterocycles. The largest absolute Gasteiger partial charge is 0.241 e. The van der Waals surface area contributed by atoms with Gasteiger partial charge in [0.2, 0.25) is 10.0 Å². The molecule has 0 aliphatic heterocycles. The van der Waals surface area contributed by atoms with E-state index in [1.54, 1.807) is 13.8 Å². The second-order valence-electron chi connectivity index (χ2n) is 3.77.